The summed E-state index contributed by atoms with van der Waals surface area (Å²) in [7, 11) is 0. The average molecular weight is 315 g/mol. The molecule has 5 nitrogen and oxygen atoms in total. The van der Waals surface area contributed by atoms with Crippen LogP contribution in [0.5, 0.6) is 0 Å². The minimum Gasteiger partial charge on any atom is -0.481 e. The number of benzene rings is 1. The third kappa shape index (κ3) is 4.91. The molecule has 5 heteroatoms. The van der Waals surface area contributed by atoms with Crippen LogP contribution in [0.1, 0.15) is 63.4 Å². The van der Waals surface area contributed by atoms with Crippen molar-refractivity contribution in [1.29, 1.82) is 0 Å². The first-order valence-electron chi connectivity index (χ1n) is 8.42. The first-order chi connectivity index (χ1) is 11.2. The first-order valence-corrected chi connectivity index (χ1v) is 8.42. The Hall–Kier alpha value is -2.17. The zero-order valence-electron chi connectivity index (χ0n) is 13.7. The molecule has 1 N–H and O–H groups in total. The molecule has 0 fully saturated rings. The highest BCUT2D eigenvalue weighted by Crippen LogP contribution is 2.28. The van der Waals surface area contributed by atoms with Crippen molar-refractivity contribution in [2.24, 2.45) is 0 Å². The standard InChI is InChI=1S/C18H25N3O2/c1-2-3-4-5-6-7-11-16(18(22)23)15-10-8-9-12-17(15)21-14-13-19-20-21/h8-10,12-14,16H,2-7,11H2,1H3,(H,22,23). The molecule has 2 aromatic rings. The van der Waals surface area contributed by atoms with E-state index in [4.69, 9.17) is 0 Å². The van der Waals surface area contributed by atoms with Crippen LogP contribution in [0.2, 0.25) is 0 Å². The van der Waals surface area contributed by atoms with Crippen LogP contribution in [0.4, 0.5) is 0 Å². The first kappa shape index (κ1) is 17.2. The number of rotatable bonds is 10. The van der Waals surface area contributed by atoms with E-state index < -0.39 is 11.9 Å². The highest BCUT2D eigenvalue weighted by Gasteiger charge is 2.22. The van der Waals surface area contributed by atoms with Crippen LogP contribution in [-0.2, 0) is 4.79 Å². The van der Waals surface area contributed by atoms with Gasteiger partial charge in [-0.15, -0.1) is 5.10 Å². The number of carbonyl (C=O) groups is 1. The Balaban J connectivity index is 2.05. The van der Waals surface area contributed by atoms with Crippen molar-refractivity contribution in [1.82, 2.24) is 15.0 Å². The Morgan fingerprint density at radius 1 is 1.17 bits per heavy atom. The van der Waals surface area contributed by atoms with Gasteiger partial charge in [0.05, 0.1) is 24.0 Å². The smallest absolute Gasteiger partial charge is 0.311 e. The van der Waals surface area contributed by atoms with Crippen molar-refractivity contribution in [3.63, 3.8) is 0 Å². The summed E-state index contributed by atoms with van der Waals surface area (Å²) in [6.45, 7) is 2.20. The molecule has 0 aliphatic rings. The van der Waals surface area contributed by atoms with Crippen LogP contribution in [0.3, 0.4) is 0 Å². The van der Waals surface area contributed by atoms with Gasteiger partial charge in [0, 0.05) is 0 Å². The fraction of sp³-hybridized carbons (Fsp3) is 0.500. The number of aliphatic carboxylic acids is 1. The summed E-state index contributed by atoms with van der Waals surface area (Å²) in [6.07, 6.45) is 10.9. The van der Waals surface area contributed by atoms with Gasteiger partial charge in [-0.3, -0.25) is 4.79 Å². The fourth-order valence-corrected chi connectivity index (χ4v) is 2.87. The van der Waals surface area contributed by atoms with Gasteiger partial charge in [0.15, 0.2) is 0 Å². The number of hydrogen-bond donors (Lipinski definition) is 1. The molecular formula is C18H25N3O2. The van der Waals surface area contributed by atoms with Crippen LogP contribution < -0.4 is 0 Å². The molecule has 1 heterocycles. The number of carboxylic acids is 1. The third-order valence-corrected chi connectivity index (χ3v) is 4.13. The van der Waals surface area contributed by atoms with Crippen molar-refractivity contribution in [2.75, 3.05) is 0 Å². The van der Waals surface area contributed by atoms with Gasteiger partial charge in [0.2, 0.25) is 0 Å². The summed E-state index contributed by atoms with van der Waals surface area (Å²) < 4.78 is 1.63. The molecule has 0 aliphatic carbocycles. The monoisotopic (exact) mass is 315 g/mol. The van der Waals surface area contributed by atoms with E-state index in [9.17, 15) is 9.90 Å². The van der Waals surface area contributed by atoms with Crippen LogP contribution >= 0.6 is 0 Å². The van der Waals surface area contributed by atoms with E-state index >= 15 is 0 Å². The van der Waals surface area contributed by atoms with Gasteiger partial charge in [-0.05, 0) is 18.1 Å². The van der Waals surface area contributed by atoms with Crippen LogP contribution in [0.15, 0.2) is 36.7 Å². The second-order valence-electron chi connectivity index (χ2n) is 5.85. The quantitative estimate of drug-likeness (QED) is 0.668. The largest absolute Gasteiger partial charge is 0.481 e. The Morgan fingerprint density at radius 2 is 1.91 bits per heavy atom. The molecule has 0 bridgehead atoms. The zero-order valence-corrected chi connectivity index (χ0v) is 13.7. The van der Waals surface area contributed by atoms with E-state index in [1.165, 1.54) is 25.7 Å². The number of hydrogen-bond acceptors (Lipinski definition) is 3. The average Bonchev–Trinajstić information content (AvgIpc) is 3.08. The molecule has 0 spiro atoms. The van der Waals surface area contributed by atoms with Crippen LogP contribution in [-0.4, -0.2) is 26.1 Å². The van der Waals surface area contributed by atoms with E-state index in [2.05, 4.69) is 17.2 Å². The van der Waals surface area contributed by atoms with Gasteiger partial charge in [-0.1, -0.05) is 68.9 Å². The third-order valence-electron chi connectivity index (χ3n) is 4.13. The molecular weight excluding hydrogens is 290 g/mol. The van der Waals surface area contributed by atoms with Gasteiger partial charge in [-0.25, -0.2) is 4.68 Å². The lowest BCUT2D eigenvalue weighted by atomic mass is 9.91. The molecule has 0 saturated heterocycles. The maximum Gasteiger partial charge on any atom is 0.311 e. The zero-order chi connectivity index (χ0) is 16.5. The highest BCUT2D eigenvalue weighted by molar-refractivity contribution is 5.77. The number of carboxylic acid groups (broad SMARTS) is 1. The van der Waals surface area contributed by atoms with E-state index in [0.717, 1.165) is 24.1 Å². The lowest BCUT2D eigenvalue weighted by Gasteiger charge is -2.16. The van der Waals surface area contributed by atoms with E-state index in [0.29, 0.717) is 6.42 Å². The van der Waals surface area contributed by atoms with Gasteiger partial charge in [0.25, 0.3) is 0 Å². The highest BCUT2D eigenvalue weighted by atomic mass is 16.4. The van der Waals surface area contributed by atoms with E-state index in [-0.39, 0.29) is 0 Å². The normalized spacial score (nSPS) is 12.2. The number of aromatic nitrogens is 3. The van der Waals surface area contributed by atoms with Gasteiger partial charge >= 0.3 is 5.97 Å². The molecule has 1 aromatic heterocycles. The molecule has 0 saturated carbocycles. The summed E-state index contributed by atoms with van der Waals surface area (Å²) >= 11 is 0. The predicted molar refractivity (Wildman–Crippen MR) is 89.7 cm³/mol. The minimum absolute atomic E-state index is 0.499. The molecule has 0 radical (unpaired) electrons. The molecule has 23 heavy (non-hydrogen) atoms. The minimum atomic E-state index is -0.772. The van der Waals surface area contributed by atoms with Gasteiger partial charge in [0.1, 0.15) is 0 Å². The second kappa shape index (κ2) is 9.08. The summed E-state index contributed by atoms with van der Waals surface area (Å²) in [5, 5.41) is 17.5. The van der Waals surface area contributed by atoms with E-state index in [1.54, 1.807) is 17.1 Å². The molecule has 1 atom stereocenters. The van der Waals surface area contributed by atoms with Crippen molar-refractivity contribution in [3.05, 3.63) is 42.2 Å². The number of para-hydroxylation sites is 1. The Labute approximate surface area is 137 Å². The maximum atomic E-state index is 11.7. The van der Waals surface area contributed by atoms with Gasteiger partial charge in [-0.2, -0.15) is 0 Å². The number of unbranched alkanes of at least 4 members (excludes halogenated alkanes) is 5. The van der Waals surface area contributed by atoms with Crippen molar-refractivity contribution in [3.8, 4) is 5.69 Å². The maximum absolute atomic E-state index is 11.7. The Morgan fingerprint density at radius 3 is 2.61 bits per heavy atom. The number of nitrogens with zero attached hydrogens (tertiary/aromatic N) is 3. The SMILES string of the molecule is CCCCCCCCC(C(=O)O)c1ccccc1-n1ccnn1. The summed E-state index contributed by atoms with van der Waals surface area (Å²) in [4.78, 5) is 11.7. The molecule has 1 unspecified atom stereocenters. The fourth-order valence-electron chi connectivity index (χ4n) is 2.87. The predicted octanol–water partition coefficient (Wildman–Crippen LogP) is 4.19. The van der Waals surface area contributed by atoms with Crippen LogP contribution in [0, 0.1) is 0 Å². The van der Waals surface area contributed by atoms with Crippen molar-refractivity contribution >= 4 is 5.97 Å². The van der Waals surface area contributed by atoms with Gasteiger partial charge < -0.3 is 5.11 Å². The molecule has 1 aromatic carbocycles. The van der Waals surface area contributed by atoms with Crippen LogP contribution in [0.25, 0.3) is 5.69 Å². The summed E-state index contributed by atoms with van der Waals surface area (Å²) in [5.74, 6) is -1.27. The lowest BCUT2D eigenvalue weighted by Crippen LogP contribution is -2.14. The lowest BCUT2D eigenvalue weighted by molar-refractivity contribution is -0.139. The molecule has 124 valence electrons. The summed E-state index contributed by atoms with van der Waals surface area (Å²) in [5.41, 5.74) is 1.60. The second-order valence-corrected chi connectivity index (χ2v) is 5.85. The van der Waals surface area contributed by atoms with Crippen molar-refractivity contribution < 1.29 is 9.90 Å². The van der Waals surface area contributed by atoms with E-state index in [1.807, 2.05) is 24.3 Å². The molecule has 0 amide bonds. The Kier molecular flexibility index (Phi) is 6.78. The topological polar surface area (TPSA) is 68.0 Å². The summed E-state index contributed by atoms with van der Waals surface area (Å²) in [6, 6.07) is 7.55. The Bertz CT molecular complexity index is 596. The molecule has 2 rings (SSSR count). The van der Waals surface area contributed by atoms with Crippen molar-refractivity contribution in [2.45, 2.75) is 57.8 Å². The molecule has 0 aliphatic heterocycles.